The van der Waals surface area contributed by atoms with Gasteiger partial charge in [0, 0.05) is 36.6 Å². The number of hydrogen-bond acceptors (Lipinski definition) is 28. The van der Waals surface area contributed by atoms with Gasteiger partial charge in [0.15, 0.2) is 0 Å². The lowest BCUT2D eigenvalue weighted by Gasteiger charge is -2.26. The van der Waals surface area contributed by atoms with Gasteiger partial charge in [0.25, 0.3) is 0 Å². The average Bonchev–Trinajstić information content (AvgIpc) is 1.77. The molecule has 0 aliphatic heterocycles. The molecule has 0 amide bonds. The third kappa shape index (κ3) is 28.0. The second-order valence-electron chi connectivity index (χ2n) is 22.8. The van der Waals surface area contributed by atoms with Crippen LogP contribution in [0.4, 0.5) is 5.13 Å². The first-order chi connectivity index (χ1) is 48.9. The summed E-state index contributed by atoms with van der Waals surface area (Å²) in [5, 5.41) is 6.99. The lowest BCUT2D eigenvalue weighted by atomic mass is 9.82. The Bertz CT molecular complexity index is 3650. The third-order valence-corrected chi connectivity index (χ3v) is 16.7. The summed E-state index contributed by atoms with van der Waals surface area (Å²) in [6.07, 6.45) is 7.18. The number of aromatic nitrogens is 1. The first-order valence-electron chi connectivity index (χ1n) is 33.0. The highest BCUT2D eigenvalue weighted by Crippen LogP contribution is 2.36. The predicted octanol–water partition coefficient (Wildman–Crippen LogP) is 8.81. The number of esters is 11. The van der Waals surface area contributed by atoms with Gasteiger partial charge in [0.05, 0.1) is 112 Å². The minimum absolute atomic E-state index is 0.0438. The number of nitrogens with zero attached hydrogens (tertiary/aromatic N) is 3. The molecular formula is C73H81N3O24S. The minimum atomic E-state index is -0.647. The molecule has 5 aromatic rings. The summed E-state index contributed by atoms with van der Waals surface area (Å²) >= 11 is 1.40. The summed E-state index contributed by atoms with van der Waals surface area (Å²) in [5.41, 5.74) is 2.63. The maximum Gasteiger partial charge on any atom is 0.330 e. The van der Waals surface area contributed by atoms with E-state index in [1.54, 1.807) is 53.5 Å². The summed E-state index contributed by atoms with van der Waals surface area (Å²) in [7, 11) is 0. The van der Waals surface area contributed by atoms with Gasteiger partial charge < -0.3 is 61.6 Å². The number of fused-ring (bicyclic) bond motifs is 1. The first kappa shape index (κ1) is 77.9. The summed E-state index contributed by atoms with van der Waals surface area (Å²) in [6, 6.07) is 25.6. The van der Waals surface area contributed by atoms with Crippen LogP contribution < -0.4 is 24.0 Å². The van der Waals surface area contributed by atoms with Gasteiger partial charge in [-0.05, 0) is 117 Å². The molecule has 27 nitrogen and oxygen atoms in total. The zero-order chi connectivity index (χ0) is 72.1. The van der Waals surface area contributed by atoms with Crippen molar-refractivity contribution < 1.29 is 114 Å². The molecular weight excluding hydrogens is 1330 g/mol. The third-order valence-electron chi connectivity index (χ3n) is 15.7. The van der Waals surface area contributed by atoms with Crippen LogP contribution in [0.15, 0.2) is 134 Å². The van der Waals surface area contributed by atoms with Crippen molar-refractivity contribution in [3.8, 4) is 23.0 Å². The molecule has 4 aromatic carbocycles. The molecule has 0 N–H and O–H groups in total. The van der Waals surface area contributed by atoms with E-state index < -0.39 is 89.3 Å². The number of carbonyl (C=O) groups is 11. The monoisotopic (exact) mass is 1420 g/mol. The largest absolute Gasteiger partial charge is 0.465 e. The number of benzene rings is 4. The zero-order valence-electron chi connectivity index (χ0n) is 55.8. The van der Waals surface area contributed by atoms with Crippen LogP contribution in [-0.4, -0.2) is 156 Å². The lowest BCUT2D eigenvalue weighted by molar-refractivity contribution is -0.152. The van der Waals surface area contributed by atoms with E-state index in [1.807, 2.05) is 24.3 Å². The van der Waals surface area contributed by atoms with Gasteiger partial charge in [0.2, 0.25) is 5.13 Å². The highest BCUT2D eigenvalue weighted by atomic mass is 32.1. The van der Waals surface area contributed by atoms with Crippen molar-refractivity contribution in [1.82, 2.24) is 4.98 Å². The van der Waals surface area contributed by atoms with Gasteiger partial charge in [-0.25, -0.2) is 24.4 Å². The fourth-order valence-corrected chi connectivity index (χ4v) is 11.1. The molecule has 0 unspecified atom stereocenters. The van der Waals surface area contributed by atoms with Crippen molar-refractivity contribution in [2.24, 2.45) is 28.8 Å². The number of thiazole rings is 1. The Labute approximate surface area is 586 Å². The number of carbonyl (C=O) groups excluding carboxylic acids is 11. The Morgan fingerprint density at radius 1 is 0.436 bits per heavy atom. The van der Waals surface area contributed by atoms with Crippen LogP contribution in [0.3, 0.4) is 0 Å². The molecule has 0 radical (unpaired) electrons. The molecule has 2 fully saturated rings. The van der Waals surface area contributed by atoms with Gasteiger partial charge in [-0.15, -0.1) is 0 Å². The lowest BCUT2D eigenvalue weighted by Crippen LogP contribution is -2.30. The predicted molar refractivity (Wildman–Crippen MR) is 362 cm³/mol. The topological polar surface area (TPSA) is 336 Å². The molecule has 2 saturated carbocycles. The molecule has 1 heterocycles. The molecule has 0 spiro atoms. The fraction of sp³-hybridized carbons (Fsp3) is 0.411. The van der Waals surface area contributed by atoms with Crippen molar-refractivity contribution in [1.29, 1.82) is 0 Å². The normalized spacial score (nSPS) is 15.5. The highest BCUT2D eigenvalue weighted by molar-refractivity contribution is 7.22. The maximum atomic E-state index is 14.1. The van der Waals surface area contributed by atoms with E-state index in [2.05, 4.69) is 19.7 Å². The van der Waals surface area contributed by atoms with E-state index in [4.69, 9.17) is 71.7 Å². The van der Waals surface area contributed by atoms with Crippen LogP contribution in [-0.2, 0) is 108 Å². The molecule has 2 aliphatic rings. The second kappa shape index (κ2) is 42.5. The summed E-state index contributed by atoms with van der Waals surface area (Å²) in [5.74, 6) is -7.48. The van der Waals surface area contributed by atoms with Gasteiger partial charge in [-0.3, -0.25) is 38.4 Å². The number of hydrogen-bond donors (Lipinski definition) is 0. The van der Waals surface area contributed by atoms with Crippen LogP contribution in [0.1, 0.15) is 93.7 Å². The Morgan fingerprint density at radius 2 is 0.812 bits per heavy atom. The number of ether oxygens (including phenoxy) is 13. The SMILES string of the molecule is C=CC(=O)OCCOCCOCCN(/N=C/c1cc(OC(=O)C2CCC(C(=O)Oc3ccc(CCOC(=O)CCC(=O)OCCOC(=O)C=C)cc3)CC2)ccc1OC(=O)C1CCC(C(=O)Oc2ccc(CCOC(=O)CCC(=O)OCCOC(=O)C=C)cc2)CC1)c1nc2ccccc2s1. The molecule has 0 bridgehead atoms. The Morgan fingerprint density at radius 3 is 1.26 bits per heavy atom. The smallest absolute Gasteiger partial charge is 0.330 e. The zero-order valence-corrected chi connectivity index (χ0v) is 56.6. The average molecular weight is 1420 g/mol. The van der Waals surface area contributed by atoms with Crippen LogP contribution in [0.2, 0.25) is 0 Å². The number of hydrazone groups is 1. The van der Waals surface area contributed by atoms with Crippen LogP contribution in [0.25, 0.3) is 10.2 Å². The summed E-state index contributed by atoms with van der Waals surface area (Å²) in [4.78, 5) is 141. The van der Waals surface area contributed by atoms with Crippen molar-refractivity contribution in [3.05, 3.63) is 146 Å². The number of para-hydroxylation sites is 1. The number of anilines is 1. The van der Waals surface area contributed by atoms with Gasteiger partial charge in [-0.1, -0.05) is 67.5 Å². The van der Waals surface area contributed by atoms with Crippen molar-refractivity contribution >= 4 is 98.6 Å². The molecule has 2 aliphatic carbocycles. The summed E-state index contributed by atoms with van der Waals surface area (Å²) < 4.78 is 70.6. The molecule has 0 atom stereocenters. The van der Waals surface area contributed by atoms with Gasteiger partial charge in [-0.2, -0.15) is 5.10 Å². The van der Waals surface area contributed by atoms with Gasteiger partial charge >= 0.3 is 65.7 Å². The number of rotatable bonds is 41. The van der Waals surface area contributed by atoms with Gasteiger partial charge in [0.1, 0.15) is 56.0 Å². The fourth-order valence-electron chi connectivity index (χ4n) is 10.2. The van der Waals surface area contributed by atoms with Crippen LogP contribution in [0.5, 0.6) is 23.0 Å². The maximum absolute atomic E-state index is 14.1. The molecule has 0 saturated heterocycles. The molecule has 101 heavy (non-hydrogen) atoms. The Balaban J connectivity index is 0.911. The van der Waals surface area contributed by atoms with Crippen LogP contribution in [0, 0.1) is 23.7 Å². The van der Waals surface area contributed by atoms with E-state index in [1.165, 1.54) is 35.8 Å². The standard InChI is InChI=1S/C73H81N3O24S/c1-4-62(77)92-42-41-89-40-39-88-38-35-76(73-75-59-9-7-8-10-61(59)101-73)74-48-55-47-58(99-71(86)53-17-15-51(16-18-53)69(84)97-56-23-11-49(12-24-56)33-36-90-65(80)29-31-67(82)95-45-43-93-63(78)5-2)27-28-60(55)100-72(87)54-21-19-52(20-22-54)70(85)98-57-25-13-50(14-26-57)34-37-91-66(81)30-32-68(83)96-46-44-94-64(79)6-3/h4-14,23-28,47-48,51-54H,1-3,15-22,29-46H2/b74-48+. The Hall–Kier alpha value is -10.5. The van der Waals surface area contributed by atoms with Crippen molar-refractivity contribution in [2.75, 3.05) is 84.2 Å². The quantitative estimate of drug-likeness (QED) is 0.00670. The van der Waals surface area contributed by atoms with Crippen molar-refractivity contribution in [2.45, 2.75) is 89.9 Å². The van der Waals surface area contributed by atoms with E-state index in [0.717, 1.165) is 39.6 Å². The molecule has 538 valence electrons. The highest BCUT2D eigenvalue weighted by Gasteiger charge is 2.34. The Kier molecular flexibility index (Phi) is 32.8. The van der Waals surface area contributed by atoms with E-state index >= 15 is 0 Å². The first-order valence-corrected chi connectivity index (χ1v) is 33.8. The van der Waals surface area contributed by atoms with E-state index in [0.29, 0.717) is 80.8 Å². The van der Waals surface area contributed by atoms with E-state index in [-0.39, 0.29) is 122 Å². The second-order valence-corrected chi connectivity index (χ2v) is 23.8. The summed E-state index contributed by atoms with van der Waals surface area (Å²) in [6.45, 7) is 10.5. The van der Waals surface area contributed by atoms with E-state index in [9.17, 15) is 52.7 Å². The molecule has 28 heteroatoms. The minimum Gasteiger partial charge on any atom is -0.465 e. The molecule has 7 rings (SSSR count). The molecule has 1 aromatic heterocycles. The van der Waals surface area contributed by atoms with Crippen molar-refractivity contribution in [3.63, 3.8) is 0 Å². The van der Waals surface area contributed by atoms with Crippen LogP contribution >= 0.6 is 11.3 Å².